The molecule has 3 heterocycles. The Morgan fingerprint density at radius 2 is 1.88 bits per heavy atom. The largest absolute Gasteiger partial charge is 0.318 e. The van der Waals surface area contributed by atoms with Gasteiger partial charge in [0.25, 0.3) is 5.91 Å². The summed E-state index contributed by atoms with van der Waals surface area (Å²) in [5.41, 5.74) is 3.01. The Balaban J connectivity index is 1.74. The van der Waals surface area contributed by atoms with Gasteiger partial charge in [0.05, 0.1) is 23.3 Å². The molecule has 2 aliphatic rings. The molecule has 0 bridgehead atoms. The highest BCUT2D eigenvalue weighted by Gasteiger charge is 2.42. The molecule has 2 aliphatic heterocycles. The lowest BCUT2D eigenvalue weighted by atomic mass is 10.1. The van der Waals surface area contributed by atoms with Crippen molar-refractivity contribution in [2.45, 2.75) is 27.7 Å². The molecule has 4 rings (SSSR count). The third-order valence-corrected chi connectivity index (χ3v) is 7.93. The van der Waals surface area contributed by atoms with Crippen LogP contribution in [-0.2, 0) is 14.6 Å². The number of sulfone groups is 1. The monoisotopic (exact) mass is 487 g/mol. The number of benzene rings is 1. The van der Waals surface area contributed by atoms with Gasteiger partial charge in [-0.25, -0.2) is 17.7 Å². The first kappa shape index (κ1) is 23.1. The predicted octanol–water partition coefficient (Wildman–Crippen LogP) is 3.88. The van der Waals surface area contributed by atoms with Gasteiger partial charge in [0.1, 0.15) is 11.7 Å². The maximum Gasteiger partial charge on any atom is 0.283 e. The van der Waals surface area contributed by atoms with E-state index in [9.17, 15) is 17.6 Å². The molecule has 1 amide bonds. The van der Waals surface area contributed by atoms with Crippen molar-refractivity contribution < 1.29 is 17.6 Å². The second-order valence-corrected chi connectivity index (χ2v) is 10.9. The van der Waals surface area contributed by atoms with Crippen LogP contribution in [0.1, 0.15) is 30.8 Å². The van der Waals surface area contributed by atoms with Crippen LogP contribution in [0.4, 0.5) is 4.39 Å². The second kappa shape index (κ2) is 8.38. The van der Waals surface area contributed by atoms with E-state index in [4.69, 9.17) is 5.41 Å². The summed E-state index contributed by atoms with van der Waals surface area (Å²) in [4.78, 5) is 17.8. The van der Waals surface area contributed by atoms with Gasteiger partial charge in [-0.15, -0.1) is 0 Å². The fraction of sp³-hybridized carbons (Fsp3) is 0.273. The number of carbonyl (C=O) groups is 1. The Kier molecular flexibility index (Phi) is 5.87. The van der Waals surface area contributed by atoms with E-state index in [0.717, 1.165) is 33.9 Å². The minimum Gasteiger partial charge on any atom is -0.318 e. The first-order chi connectivity index (χ1) is 15.5. The molecular formula is C22H22FN5O3S2. The molecule has 33 heavy (non-hydrogen) atoms. The van der Waals surface area contributed by atoms with Crippen LogP contribution in [-0.4, -0.2) is 45.7 Å². The number of hydrogen-bond donors (Lipinski definition) is 1. The van der Waals surface area contributed by atoms with Gasteiger partial charge in [-0.3, -0.25) is 10.2 Å². The number of amides is 1. The van der Waals surface area contributed by atoms with Gasteiger partial charge in [0, 0.05) is 17.1 Å². The van der Waals surface area contributed by atoms with Crippen molar-refractivity contribution in [2.24, 2.45) is 15.3 Å². The maximum atomic E-state index is 13.3. The minimum atomic E-state index is -3.77. The number of aliphatic imine (C=N–C) groups is 1. The van der Waals surface area contributed by atoms with E-state index in [1.54, 1.807) is 26.0 Å². The highest BCUT2D eigenvalue weighted by atomic mass is 32.2. The summed E-state index contributed by atoms with van der Waals surface area (Å²) in [6.45, 7) is 7.29. The Hall–Kier alpha value is -3.05. The van der Waals surface area contributed by atoms with Crippen LogP contribution in [0, 0.1) is 31.0 Å². The number of amidine groups is 3. The number of aryl methyl sites for hydroxylation is 1. The van der Waals surface area contributed by atoms with E-state index in [1.807, 2.05) is 24.5 Å². The number of hydrogen-bond acceptors (Lipinski definition) is 6. The summed E-state index contributed by atoms with van der Waals surface area (Å²) < 4.78 is 44.9. The molecule has 0 radical (unpaired) electrons. The molecule has 2 aromatic rings. The van der Waals surface area contributed by atoms with Crippen molar-refractivity contribution >= 4 is 49.9 Å². The molecule has 0 atom stereocenters. The molecule has 0 unspecified atom stereocenters. The molecule has 0 spiro atoms. The third kappa shape index (κ3) is 4.18. The summed E-state index contributed by atoms with van der Waals surface area (Å²) >= 11 is 0.773. The van der Waals surface area contributed by atoms with E-state index in [2.05, 4.69) is 9.39 Å². The highest BCUT2D eigenvalue weighted by Crippen LogP contribution is 2.31. The summed E-state index contributed by atoms with van der Waals surface area (Å²) in [7, 11) is -3.77. The summed E-state index contributed by atoms with van der Waals surface area (Å²) in [6, 6.07) is 7.88. The number of halogens is 1. The van der Waals surface area contributed by atoms with Crippen LogP contribution in [0.15, 0.2) is 45.3 Å². The van der Waals surface area contributed by atoms with Gasteiger partial charge >= 0.3 is 0 Å². The molecule has 0 aliphatic carbocycles. The van der Waals surface area contributed by atoms with E-state index < -0.39 is 15.7 Å². The zero-order valence-corrected chi connectivity index (χ0v) is 20.1. The van der Waals surface area contributed by atoms with Crippen LogP contribution in [0.3, 0.4) is 0 Å². The number of carbonyl (C=O) groups excluding carboxylic acids is 1. The summed E-state index contributed by atoms with van der Waals surface area (Å²) in [5.74, 6) is -1.52. The topological polar surface area (TPSA) is 108 Å². The predicted molar refractivity (Wildman–Crippen MR) is 129 cm³/mol. The van der Waals surface area contributed by atoms with Crippen molar-refractivity contribution in [1.29, 1.82) is 5.41 Å². The van der Waals surface area contributed by atoms with Crippen molar-refractivity contribution in [1.82, 2.24) is 9.47 Å². The molecule has 1 aromatic heterocycles. The van der Waals surface area contributed by atoms with E-state index >= 15 is 0 Å². The van der Waals surface area contributed by atoms with Crippen LogP contribution < -0.4 is 0 Å². The normalized spacial score (nSPS) is 17.6. The number of fused-ring (bicyclic) bond motifs is 1. The number of rotatable bonds is 4. The van der Waals surface area contributed by atoms with Crippen molar-refractivity contribution in [2.75, 3.05) is 5.75 Å². The molecule has 172 valence electrons. The first-order valence-corrected chi connectivity index (χ1v) is 12.6. The quantitative estimate of drug-likeness (QED) is 0.520. The zero-order valence-electron chi connectivity index (χ0n) is 18.5. The van der Waals surface area contributed by atoms with E-state index in [-0.39, 0.29) is 39.2 Å². The van der Waals surface area contributed by atoms with Crippen LogP contribution in [0.25, 0.3) is 11.8 Å². The molecule has 11 heteroatoms. The Morgan fingerprint density at radius 1 is 1.21 bits per heavy atom. The molecule has 1 N–H and O–H groups in total. The fourth-order valence-electron chi connectivity index (χ4n) is 3.79. The molecular weight excluding hydrogens is 465 g/mol. The Bertz CT molecular complexity index is 1370. The van der Waals surface area contributed by atoms with E-state index in [1.165, 1.54) is 18.2 Å². The van der Waals surface area contributed by atoms with Crippen molar-refractivity contribution in [3.8, 4) is 5.69 Å². The zero-order chi connectivity index (χ0) is 24.1. The maximum absolute atomic E-state index is 13.3. The molecule has 0 fully saturated rings. The summed E-state index contributed by atoms with van der Waals surface area (Å²) in [6.07, 6.45) is 1.53. The van der Waals surface area contributed by atoms with Gasteiger partial charge in [0.2, 0.25) is 20.2 Å². The average Bonchev–Trinajstić information content (AvgIpc) is 3.26. The lowest BCUT2D eigenvalue weighted by Gasteiger charge is -2.24. The number of nitrogens with zero attached hydrogens (tertiary/aromatic N) is 4. The van der Waals surface area contributed by atoms with Crippen LogP contribution in [0.5, 0.6) is 0 Å². The van der Waals surface area contributed by atoms with Crippen molar-refractivity contribution in [3.05, 3.63) is 58.7 Å². The smallest absolute Gasteiger partial charge is 0.283 e. The van der Waals surface area contributed by atoms with Crippen molar-refractivity contribution in [3.63, 3.8) is 0 Å². The highest BCUT2D eigenvalue weighted by molar-refractivity contribution is 8.16. The fourth-order valence-corrected chi connectivity index (χ4v) is 6.52. The Morgan fingerprint density at radius 3 is 2.52 bits per heavy atom. The molecule has 0 saturated carbocycles. The third-order valence-electron chi connectivity index (χ3n) is 5.18. The number of nitrogens with one attached hydrogen (secondary N) is 1. The second-order valence-electron chi connectivity index (χ2n) is 8.22. The first-order valence-electron chi connectivity index (χ1n) is 10.2. The molecule has 1 aromatic carbocycles. The average molecular weight is 488 g/mol. The van der Waals surface area contributed by atoms with Gasteiger partial charge in [-0.1, -0.05) is 13.8 Å². The molecule has 0 saturated heterocycles. The number of aromatic nitrogens is 1. The lowest BCUT2D eigenvalue weighted by Crippen LogP contribution is -2.46. The SMILES string of the molecule is Cc1cc(/C=C2/C(=N)N3C(=NC2=O)SN=C3S(=O)(=O)CC(C)C)c(C)n1-c1ccc(F)cc1. The van der Waals surface area contributed by atoms with Gasteiger partial charge in [0.15, 0.2) is 0 Å². The minimum absolute atomic E-state index is 0.0342. The van der Waals surface area contributed by atoms with Gasteiger partial charge < -0.3 is 4.57 Å². The van der Waals surface area contributed by atoms with Crippen LogP contribution in [0.2, 0.25) is 0 Å². The van der Waals surface area contributed by atoms with Gasteiger partial charge in [-0.05, 0) is 61.7 Å². The van der Waals surface area contributed by atoms with Crippen LogP contribution >= 0.6 is 11.9 Å². The Labute approximate surface area is 195 Å². The van der Waals surface area contributed by atoms with Gasteiger partial charge in [-0.2, -0.15) is 9.39 Å². The summed E-state index contributed by atoms with van der Waals surface area (Å²) in [5, 5.41) is 8.39. The molecule has 8 nitrogen and oxygen atoms in total. The lowest BCUT2D eigenvalue weighted by molar-refractivity contribution is -0.114. The van der Waals surface area contributed by atoms with E-state index in [0.29, 0.717) is 5.56 Å². The standard InChI is InChI=1S/C22H22FN5O3S2/c1-12(2)11-33(30,31)22-26-32-21-25-20(29)18(19(24)28(21)22)10-15-9-13(3)27(14(15)4)17-7-5-16(23)6-8-17/h5-10,12,24H,11H2,1-4H3/b18-10-,24-19?.